The number of aliphatic hydroxyl groups is 1. The Balaban J connectivity index is 2.16. The van der Waals surface area contributed by atoms with Crippen LogP contribution in [-0.2, 0) is 4.74 Å². The Hall–Kier alpha value is -1.55. The number of carbonyl (C=O) groups is 1. The smallest absolute Gasteiger partial charge is 0.410 e. The number of hydrogen-bond acceptors (Lipinski definition) is 3. The second kappa shape index (κ2) is 5.21. The molecule has 104 valence electrons. The van der Waals surface area contributed by atoms with E-state index in [1.165, 1.54) is 0 Å². The number of rotatable bonds is 1. The first-order valence-corrected chi connectivity index (χ1v) is 6.59. The molecule has 4 nitrogen and oxygen atoms in total. The SMILES string of the molecule is CC(C)(C)OC(=O)N1C[C@H](O)C[C@@H]1c1ccccc1. The first-order chi connectivity index (χ1) is 8.87. The van der Waals surface area contributed by atoms with Gasteiger partial charge in [-0.05, 0) is 32.8 Å². The molecule has 19 heavy (non-hydrogen) atoms. The maximum Gasteiger partial charge on any atom is 0.410 e. The molecule has 0 aromatic heterocycles. The maximum atomic E-state index is 12.2. The largest absolute Gasteiger partial charge is 0.444 e. The molecule has 0 bridgehead atoms. The average Bonchev–Trinajstić information content (AvgIpc) is 2.70. The van der Waals surface area contributed by atoms with E-state index in [4.69, 9.17) is 4.74 Å². The zero-order chi connectivity index (χ0) is 14.0. The third kappa shape index (κ3) is 3.47. The maximum absolute atomic E-state index is 12.2. The van der Waals surface area contributed by atoms with Gasteiger partial charge < -0.3 is 9.84 Å². The lowest BCUT2D eigenvalue weighted by atomic mass is 10.0. The van der Waals surface area contributed by atoms with Crippen molar-refractivity contribution in [2.75, 3.05) is 6.54 Å². The van der Waals surface area contributed by atoms with Crippen LogP contribution in [0.2, 0.25) is 0 Å². The standard InChI is InChI=1S/C15H21NO3/c1-15(2,3)19-14(18)16-10-12(17)9-13(16)11-7-5-4-6-8-11/h4-8,12-13,17H,9-10H2,1-3H3/t12-,13-/m1/s1. The molecule has 2 rings (SSSR count). The molecule has 0 saturated carbocycles. The summed E-state index contributed by atoms with van der Waals surface area (Å²) in [7, 11) is 0. The number of likely N-dealkylation sites (tertiary alicyclic amines) is 1. The number of amides is 1. The molecule has 0 spiro atoms. The minimum absolute atomic E-state index is 0.106. The molecular weight excluding hydrogens is 242 g/mol. The Morgan fingerprint density at radius 1 is 1.32 bits per heavy atom. The van der Waals surface area contributed by atoms with Crippen LogP contribution < -0.4 is 0 Å². The van der Waals surface area contributed by atoms with Crippen molar-refractivity contribution in [1.29, 1.82) is 0 Å². The number of hydrogen-bond donors (Lipinski definition) is 1. The lowest BCUT2D eigenvalue weighted by Crippen LogP contribution is -2.37. The summed E-state index contributed by atoms with van der Waals surface area (Å²) in [6, 6.07) is 9.65. The van der Waals surface area contributed by atoms with Crippen molar-refractivity contribution in [3.05, 3.63) is 35.9 Å². The molecule has 0 radical (unpaired) electrons. The third-order valence-corrected chi connectivity index (χ3v) is 3.09. The normalized spacial score (nSPS) is 23.5. The summed E-state index contributed by atoms with van der Waals surface area (Å²) in [6.45, 7) is 5.85. The van der Waals surface area contributed by atoms with Gasteiger partial charge in [0.2, 0.25) is 0 Å². The van der Waals surface area contributed by atoms with Crippen LogP contribution in [0.5, 0.6) is 0 Å². The number of nitrogens with zero attached hydrogens (tertiary/aromatic N) is 1. The highest BCUT2D eigenvalue weighted by Gasteiger charge is 2.37. The Morgan fingerprint density at radius 2 is 1.95 bits per heavy atom. The number of ether oxygens (including phenoxy) is 1. The van der Waals surface area contributed by atoms with Gasteiger partial charge in [-0.1, -0.05) is 30.3 Å². The molecule has 1 aliphatic rings. The predicted octanol–water partition coefficient (Wildman–Crippen LogP) is 2.73. The topological polar surface area (TPSA) is 49.8 Å². The molecule has 1 fully saturated rings. The van der Waals surface area contributed by atoms with Crippen LogP contribution in [0.15, 0.2) is 30.3 Å². The van der Waals surface area contributed by atoms with E-state index in [0.717, 1.165) is 5.56 Å². The molecule has 1 aromatic rings. The molecular formula is C15H21NO3. The summed E-state index contributed by atoms with van der Waals surface area (Å²) in [4.78, 5) is 13.8. The van der Waals surface area contributed by atoms with Crippen molar-refractivity contribution in [2.24, 2.45) is 0 Å². The predicted molar refractivity (Wildman–Crippen MR) is 72.7 cm³/mol. The zero-order valence-corrected chi connectivity index (χ0v) is 11.7. The summed E-state index contributed by atoms with van der Waals surface area (Å²) in [5, 5.41) is 9.83. The number of aliphatic hydroxyl groups excluding tert-OH is 1. The van der Waals surface area contributed by atoms with Crippen molar-refractivity contribution in [2.45, 2.75) is 44.9 Å². The summed E-state index contributed by atoms with van der Waals surface area (Å²) in [5.74, 6) is 0. The summed E-state index contributed by atoms with van der Waals surface area (Å²) in [6.07, 6.45) is -0.292. The molecule has 0 aliphatic carbocycles. The zero-order valence-electron chi connectivity index (χ0n) is 11.7. The highest BCUT2D eigenvalue weighted by atomic mass is 16.6. The molecule has 4 heteroatoms. The van der Waals surface area contributed by atoms with Gasteiger partial charge in [0, 0.05) is 0 Å². The second-order valence-corrected chi connectivity index (χ2v) is 5.95. The molecule has 1 heterocycles. The fourth-order valence-corrected chi connectivity index (χ4v) is 2.33. The van der Waals surface area contributed by atoms with Crippen LogP contribution in [0.4, 0.5) is 4.79 Å². The highest BCUT2D eigenvalue weighted by Crippen LogP contribution is 2.33. The second-order valence-electron chi connectivity index (χ2n) is 5.95. The van der Waals surface area contributed by atoms with E-state index in [1.807, 2.05) is 51.1 Å². The van der Waals surface area contributed by atoms with Gasteiger partial charge in [-0.15, -0.1) is 0 Å². The molecule has 1 amide bonds. The van der Waals surface area contributed by atoms with Crippen LogP contribution in [0.1, 0.15) is 38.8 Å². The van der Waals surface area contributed by atoms with Crippen LogP contribution in [0, 0.1) is 0 Å². The van der Waals surface area contributed by atoms with Crippen molar-refractivity contribution in [3.8, 4) is 0 Å². The van der Waals surface area contributed by atoms with E-state index >= 15 is 0 Å². The highest BCUT2D eigenvalue weighted by molar-refractivity contribution is 5.69. The van der Waals surface area contributed by atoms with E-state index in [-0.39, 0.29) is 12.1 Å². The molecule has 2 atom stereocenters. The van der Waals surface area contributed by atoms with Crippen molar-refractivity contribution < 1.29 is 14.6 Å². The summed E-state index contributed by atoms with van der Waals surface area (Å²) in [5.41, 5.74) is 0.510. The van der Waals surface area contributed by atoms with Gasteiger partial charge in [-0.2, -0.15) is 0 Å². The van der Waals surface area contributed by atoms with E-state index in [9.17, 15) is 9.90 Å². The van der Waals surface area contributed by atoms with Crippen molar-refractivity contribution >= 4 is 6.09 Å². The van der Waals surface area contributed by atoms with E-state index in [1.54, 1.807) is 4.90 Å². The molecule has 1 aliphatic heterocycles. The van der Waals surface area contributed by atoms with Crippen molar-refractivity contribution in [3.63, 3.8) is 0 Å². The van der Waals surface area contributed by atoms with Gasteiger partial charge in [-0.25, -0.2) is 4.79 Å². The number of benzene rings is 1. The number of β-amino-alcohol motifs (C(OH)–C–C–N with tert-alkyl or cyclic N) is 1. The Bertz CT molecular complexity index is 438. The van der Waals surface area contributed by atoms with Crippen molar-refractivity contribution in [1.82, 2.24) is 4.90 Å². The van der Waals surface area contributed by atoms with Gasteiger partial charge >= 0.3 is 6.09 Å². The van der Waals surface area contributed by atoms with E-state index < -0.39 is 11.7 Å². The molecule has 0 unspecified atom stereocenters. The Labute approximate surface area is 114 Å². The summed E-state index contributed by atoms with van der Waals surface area (Å²) >= 11 is 0. The third-order valence-electron chi connectivity index (χ3n) is 3.09. The quantitative estimate of drug-likeness (QED) is 0.847. The molecule has 1 aromatic carbocycles. The van der Waals surface area contributed by atoms with Gasteiger partial charge in [0.05, 0.1) is 18.7 Å². The summed E-state index contributed by atoms with van der Waals surface area (Å²) < 4.78 is 5.40. The Kier molecular flexibility index (Phi) is 3.80. The lowest BCUT2D eigenvalue weighted by molar-refractivity contribution is 0.0206. The first kappa shape index (κ1) is 13.9. The lowest BCUT2D eigenvalue weighted by Gasteiger charge is -2.28. The molecule has 1 saturated heterocycles. The number of carbonyl (C=O) groups excluding carboxylic acids is 1. The first-order valence-electron chi connectivity index (χ1n) is 6.59. The van der Waals surface area contributed by atoms with E-state index in [2.05, 4.69) is 0 Å². The van der Waals surface area contributed by atoms with Gasteiger partial charge in [-0.3, -0.25) is 4.90 Å². The van der Waals surface area contributed by atoms with Gasteiger partial charge in [0.15, 0.2) is 0 Å². The van der Waals surface area contributed by atoms with Crippen LogP contribution in [0.3, 0.4) is 0 Å². The van der Waals surface area contributed by atoms with Gasteiger partial charge in [0.25, 0.3) is 0 Å². The fourth-order valence-electron chi connectivity index (χ4n) is 2.33. The Morgan fingerprint density at radius 3 is 2.53 bits per heavy atom. The van der Waals surface area contributed by atoms with Gasteiger partial charge in [0.1, 0.15) is 5.60 Å². The minimum atomic E-state index is -0.522. The van der Waals surface area contributed by atoms with Crippen LogP contribution >= 0.6 is 0 Å². The average molecular weight is 263 g/mol. The minimum Gasteiger partial charge on any atom is -0.444 e. The molecule has 1 N–H and O–H groups in total. The van der Waals surface area contributed by atoms with Crippen LogP contribution in [-0.4, -0.2) is 34.3 Å². The monoisotopic (exact) mass is 263 g/mol. The van der Waals surface area contributed by atoms with E-state index in [0.29, 0.717) is 13.0 Å². The fraction of sp³-hybridized carbons (Fsp3) is 0.533. The van der Waals surface area contributed by atoms with Crippen LogP contribution in [0.25, 0.3) is 0 Å².